The summed E-state index contributed by atoms with van der Waals surface area (Å²) in [5.41, 5.74) is 2.35. The molecule has 1 amide bonds. The zero-order valence-corrected chi connectivity index (χ0v) is 19.1. The zero-order valence-electron chi connectivity index (χ0n) is 17.5. The van der Waals surface area contributed by atoms with Gasteiger partial charge in [0.1, 0.15) is 0 Å². The summed E-state index contributed by atoms with van der Waals surface area (Å²) in [5, 5.41) is 2.60. The summed E-state index contributed by atoms with van der Waals surface area (Å²) in [6, 6.07) is 15.7. The third-order valence-corrected chi connectivity index (χ3v) is 7.14. The molecule has 7 nitrogen and oxygen atoms in total. The van der Waals surface area contributed by atoms with Gasteiger partial charge in [-0.1, -0.05) is 24.6 Å². The summed E-state index contributed by atoms with van der Waals surface area (Å²) in [5.74, 6) is -0.119. The number of carbonyl (C=O) groups is 1. The minimum Gasteiger partial charge on any atom is -0.325 e. The van der Waals surface area contributed by atoms with Gasteiger partial charge in [-0.2, -0.15) is 0 Å². The van der Waals surface area contributed by atoms with Crippen molar-refractivity contribution < 1.29 is 13.2 Å². The van der Waals surface area contributed by atoms with Crippen molar-refractivity contribution in [1.29, 1.82) is 0 Å². The van der Waals surface area contributed by atoms with Crippen molar-refractivity contribution in [2.45, 2.75) is 42.2 Å². The van der Waals surface area contributed by atoms with Crippen molar-refractivity contribution in [3.63, 3.8) is 0 Å². The number of nitrogens with one attached hydrogen (secondary N) is 2. The lowest BCUT2D eigenvalue weighted by Crippen LogP contribution is -2.24. The molecule has 2 N–H and O–H groups in total. The van der Waals surface area contributed by atoms with Crippen LogP contribution < -0.4 is 10.0 Å². The van der Waals surface area contributed by atoms with Crippen LogP contribution in [-0.2, 0) is 14.8 Å². The summed E-state index contributed by atoms with van der Waals surface area (Å²) < 4.78 is 27.4. The average molecular weight is 457 g/mol. The number of carbonyl (C=O) groups excluding carboxylic acids is 1. The van der Waals surface area contributed by atoms with Crippen LogP contribution in [0.4, 0.5) is 11.6 Å². The lowest BCUT2D eigenvalue weighted by molar-refractivity contribution is -0.115. The van der Waals surface area contributed by atoms with E-state index in [-0.39, 0.29) is 22.0 Å². The van der Waals surface area contributed by atoms with E-state index < -0.39 is 10.0 Å². The van der Waals surface area contributed by atoms with E-state index in [0.717, 1.165) is 4.90 Å². The van der Waals surface area contributed by atoms with Gasteiger partial charge in [0.15, 0.2) is 0 Å². The molecule has 1 heterocycles. The molecule has 1 aromatic heterocycles. The van der Waals surface area contributed by atoms with Gasteiger partial charge in [0, 0.05) is 22.5 Å². The van der Waals surface area contributed by atoms with E-state index in [4.69, 9.17) is 0 Å². The standard InChI is InChI=1S/C22H24N4O3S2/c1-4-20(30-18-9-5-15(2)6-10-18)21(27)25-17-7-11-19(12-8-17)31(28,29)26-22-23-14-13-16(3)24-22/h5-14,20H,4H2,1-3H3,(H,25,27)(H,23,24,26). The van der Waals surface area contributed by atoms with Gasteiger partial charge in [0.25, 0.3) is 10.0 Å². The SMILES string of the molecule is CCC(Sc1ccc(C)cc1)C(=O)Nc1ccc(S(=O)(=O)Nc2nccc(C)n2)cc1. The third-order valence-electron chi connectivity index (χ3n) is 4.42. The first-order valence-corrected chi connectivity index (χ1v) is 12.1. The molecule has 0 radical (unpaired) electrons. The molecular formula is C22H24N4O3S2. The first-order valence-electron chi connectivity index (χ1n) is 9.73. The molecule has 0 aliphatic rings. The highest BCUT2D eigenvalue weighted by Gasteiger charge is 2.19. The van der Waals surface area contributed by atoms with Crippen molar-refractivity contribution in [1.82, 2.24) is 9.97 Å². The summed E-state index contributed by atoms with van der Waals surface area (Å²) >= 11 is 1.50. The molecule has 9 heteroatoms. The molecule has 0 spiro atoms. The Morgan fingerprint density at radius 3 is 2.32 bits per heavy atom. The molecule has 0 saturated heterocycles. The largest absolute Gasteiger partial charge is 0.325 e. The highest BCUT2D eigenvalue weighted by molar-refractivity contribution is 8.00. The third kappa shape index (κ3) is 6.28. The number of thioether (sulfide) groups is 1. The molecular weight excluding hydrogens is 432 g/mol. The number of sulfonamides is 1. The predicted molar refractivity (Wildman–Crippen MR) is 124 cm³/mol. The minimum atomic E-state index is -3.83. The van der Waals surface area contributed by atoms with Crippen LogP contribution in [-0.4, -0.2) is 29.5 Å². The fourth-order valence-corrected chi connectivity index (χ4v) is 4.63. The highest BCUT2D eigenvalue weighted by Crippen LogP contribution is 2.27. The molecule has 3 aromatic rings. The van der Waals surface area contributed by atoms with E-state index in [2.05, 4.69) is 20.0 Å². The summed E-state index contributed by atoms with van der Waals surface area (Å²) in [7, 11) is -3.83. The molecule has 31 heavy (non-hydrogen) atoms. The van der Waals surface area contributed by atoms with Gasteiger partial charge in [-0.15, -0.1) is 11.8 Å². The van der Waals surface area contributed by atoms with E-state index in [1.807, 2.05) is 38.1 Å². The maximum atomic E-state index is 12.7. The van der Waals surface area contributed by atoms with E-state index in [1.54, 1.807) is 25.1 Å². The molecule has 0 fully saturated rings. The zero-order chi connectivity index (χ0) is 22.4. The highest BCUT2D eigenvalue weighted by atomic mass is 32.2. The number of benzene rings is 2. The quantitative estimate of drug-likeness (QED) is 0.487. The first kappa shape index (κ1) is 22.8. The summed E-state index contributed by atoms with van der Waals surface area (Å²) in [6.07, 6.45) is 2.15. The molecule has 3 rings (SSSR count). The maximum Gasteiger partial charge on any atom is 0.264 e. The number of rotatable bonds is 8. The Bertz CT molecular complexity index is 1150. The van der Waals surface area contributed by atoms with E-state index in [1.165, 1.54) is 35.7 Å². The molecule has 162 valence electrons. The van der Waals surface area contributed by atoms with Crippen LogP contribution in [0.2, 0.25) is 0 Å². The van der Waals surface area contributed by atoms with Crippen molar-refractivity contribution in [2.75, 3.05) is 10.0 Å². The fourth-order valence-electron chi connectivity index (χ4n) is 2.72. The Hall–Kier alpha value is -2.91. The van der Waals surface area contributed by atoms with Crippen molar-refractivity contribution in [2.24, 2.45) is 0 Å². The topological polar surface area (TPSA) is 101 Å². The van der Waals surface area contributed by atoms with Crippen LogP contribution in [0.5, 0.6) is 0 Å². The number of aryl methyl sites for hydroxylation is 2. The lowest BCUT2D eigenvalue weighted by Gasteiger charge is -2.15. The van der Waals surface area contributed by atoms with Gasteiger partial charge in [-0.05, 0) is 62.7 Å². The first-order chi connectivity index (χ1) is 14.8. The minimum absolute atomic E-state index is 0.0105. The molecule has 0 saturated carbocycles. The van der Waals surface area contributed by atoms with Crippen LogP contribution in [0.25, 0.3) is 0 Å². The van der Waals surface area contributed by atoms with E-state index >= 15 is 0 Å². The summed E-state index contributed by atoms with van der Waals surface area (Å²) in [4.78, 5) is 21.7. The fraction of sp³-hybridized carbons (Fsp3) is 0.227. The van der Waals surface area contributed by atoms with Crippen LogP contribution in [0.15, 0.2) is 70.6 Å². The van der Waals surface area contributed by atoms with Gasteiger partial charge in [0.2, 0.25) is 11.9 Å². The number of nitrogens with zero attached hydrogens (tertiary/aromatic N) is 2. The average Bonchev–Trinajstić information content (AvgIpc) is 2.73. The Morgan fingerprint density at radius 1 is 1.03 bits per heavy atom. The van der Waals surface area contributed by atoms with Crippen LogP contribution in [0.3, 0.4) is 0 Å². The maximum absolute atomic E-state index is 12.7. The van der Waals surface area contributed by atoms with Gasteiger partial charge in [0.05, 0.1) is 10.1 Å². The lowest BCUT2D eigenvalue weighted by atomic mass is 10.2. The molecule has 1 atom stereocenters. The number of anilines is 2. The summed E-state index contributed by atoms with van der Waals surface area (Å²) in [6.45, 7) is 5.73. The van der Waals surface area contributed by atoms with Gasteiger partial charge in [-0.3, -0.25) is 4.79 Å². The number of amides is 1. The van der Waals surface area contributed by atoms with Crippen molar-refractivity contribution >= 4 is 39.3 Å². The van der Waals surface area contributed by atoms with Crippen LogP contribution in [0, 0.1) is 13.8 Å². The van der Waals surface area contributed by atoms with Gasteiger partial charge in [-0.25, -0.2) is 23.1 Å². The normalized spacial score (nSPS) is 12.2. The van der Waals surface area contributed by atoms with Gasteiger partial charge >= 0.3 is 0 Å². The predicted octanol–water partition coefficient (Wildman–Crippen LogP) is 4.40. The van der Waals surface area contributed by atoms with E-state index in [0.29, 0.717) is 17.8 Å². The second kappa shape index (κ2) is 9.93. The second-order valence-electron chi connectivity index (χ2n) is 6.97. The monoisotopic (exact) mass is 456 g/mol. The number of aromatic nitrogens is 2. The Morgan fingerprint density at radius 2 is 1.71 bits per heavy atom. The molecule has 0 aliphatic carbocycles. The van der Waals surface area contributed by atoms with Crippen LogP contribution >= 0.6 is 11.8 Å². The molecule has 0 aliphatic heterocycles. The number of hydrogen-bond acceptors (Lipinski definition) is 6. The number of hydrogen-bond donors (Lipinski definition) is 2. The Labute approximate surface area is 186 Å². The van der Waals surface area contributed by atoms with Crippen molar-refractivity contribution in [3.05, 3.63) is 72.1 Å². The van der Waals surface area contributed by atoms with Crippen LogP contribution in [0.1, 0.15) is 24.6 Å². The second-order valence-corrected chi connectivity index (χ2v) is 9.93. The smallest absolute Gasteiger partial charge is 0.264 e. The molecule has 0 bridgehead atoms. The Balaban J connectivity index is 1.66. The van der Waals surface area contributed by atoms with Crippen molar-refractivity contribution in [3.8, 4) is 0 Å². The molecule has 1 unspecified atom stereocenters. The van der Waals surface area contributed by atoms with E-state index in [9.17, 15) is 13.2 Å². The van der Waals surface area contributed by atoms with Gasteiger partial charge < -0.3 is 5.32 Å². The Kier molecular flexibility index (Phi) is 7.29. The molecule has 2 aromatic carbocycles.